The first-order valence-electron chi connectivity index (χ1n) is 11.2. The van der Waals surface area contributed by atoms with Gasteiger partial charge in [-0.2, -0.15) is 0 Å². The van der Waals surface area contributed by atoms with Crippen LogP contribution in [0.25, 0.3) is 0 Å². The van der Waals surface area contributed by atoms with E-state index in [0.717, 1.165) is 18.5 Å². The molecule has 2 amide bonds. The van der Waals surface area contributed by atoms with Crippen molar-refractivity contribution in [3.8, 4) is 0 Å². The van der Waals surface area contributed by atoms with Crippen LogP contribution in [-0.2, 0) is 14.3 Å². The predicted octanol–water partition coefficient (Wildman–Crippen LogP) is 2.96. The molecule has 164 valence electrons. The van der Waals surface area contributed by atoms with Crippen LogP contribution in [0.1, 0.15) is 62.2 Å². The summed E-state index contributed by atoms with van der Waals surface area (Å²) in [5, 5.41) is 6.24. The van der Waals surface area contributed by atoms with Crippen LogP contribution >= 0.6 is 0 Å². The van der Waals surface area contributed by atoms with E-state index in [0.29, 0.717) is 38.1 Å². The lowest BCUT2D eigenvalue weighted by molar-refractivity contribution is -0.151. The smallest absolute Gasteiger partial charge is 0.309 e. The monoisotopic (exact) mass is 415 g/mol. The maximum absolute atomic E-state index is 12.5. The molecule has 0 spiro atoms. The van der Waals surface area contributed by atoms with Gasteiger partial charge in [-0.05, 0) is 56.9 Å². The number of amides is 2. The van der Waals surface area contributed by atoms with Gasteiger partial charge >= 0.3 is 5.97 Å². The van der Waals surface area contributed by atoms with E-state index in [4.69, 9.17) is 4.74 Å². The Kier molecular flexibility index (Phi) is 8.11. The highest BCUT2D eigenvalue weighted by molar-refractivity contribution is 5.94. The SMILES string of the molecule is CCOC(=O)C1CCN(C(=O)CNc2ccc(C(=O)NC3CCCCC3)cc2)CC1. The first kappa shape index (κ1) is 22.1. The van der Waals surface area contributed by atoms with Crippen molar-refractivity contribution in [1.29, 1.82) is 0 Å². The highest BCUT2D eigenvalue weighted by atomic mass is 16.5. The first-order chi connectivity index (χ1) is 14.6. The summed E-state index contributed by atoms with van der Waals surface area (Å²) in [6.07, 6.45) is 7.04. The van der Waals surface area contributed by atoms with Crippen LogP contribution in [-0.4, -0.2) is 55.0 Å². The molecule has 2 N–H and O–H groups in total. The summed E-state index contributed by atoms with van der Waals surface area (Å²) < 4.78 is 5.07. The van der Waals surface area contributed by atoms with E-state index in [9.17, 15) is 14.4 Å². The summed E-state index contributed by atoms with van der Waals surface area (Å²) >= 11 is 0. The summed E-state index contributed by atoms with van der Waals surface area (Å²) in [6.45, 7) is 3.53. The van der Waals surface area contributed by atoms with Gasteiger partial charge in [0.25, 0.3) is 5.91 Å². The molecule has 0 bridgehead atoms. The second-order valence-electron chi connectivity index (χ2n) is 8.15. The number of carbonyl (C=O) groups is 3. The number of rotatable bonds is 7. The molecule has 1 aliphatic heterocycles. The number of anilines is 1. The van der Waals surface area contributed by atoms with Crippen LogP contribution in [0.15, 0.2) is 24.3 Å². The number of piperidine rings is 1. The van der Waals surface area contributed by atoms with E-state index in [2.05, 4.69) is 10.6 Å². The van der Waals surface area contributed by atoms with Gasteiger partial charge in [0.1, 0.15) is 0 Å². The molecule has 0 aromatic heterocycles. The summed E-state index contributed by atoms with van der Waals surface area (Å²) in [5.74, 6) is -0.282. The minimum absolute atomic E-state index is 0.0106. The fraction of sp³-hybridized carbons (Fsp3) is 0.609. The summed E-state index contributed by atoms with van der Waals surface area (Å²) in [7, 11) is 0. The predicted molar refractivity (Wildman–Crippen MR) is 115 cm³/mol. The molecule has 3 rings (SSSR count). The zero-order chi connectivity index (χ0) is 21.3. The highest BCUT2D eigenvalue weighted by Crippen LogP contribution is 2.20. The number of esters is 1. The Balaban J connectivity index is 1.41. The molecule has 30 heavy (non-hydrogen) atoms. The molecule has 2 aliphatic rings. The molecule has 2 fully saturated rings. The van der Waals surface area contributed by atoms with Crippen LogP contribution < -0.4 is 10.6 Å². The van der Waals surface area contributed by atoms with Gasteiger partial charge < -0.3 is 20.3 Å². The Labute approximate surface area is 178 Å². The lowest BCUT2D eigenvalue weighted by atomic mass is 9.95. The van der Waals surface area contributed by atoms with Gasteiger partial charge in [-0.25, -0.2) is 0 Å². The van der Waals surface area contributed by atoms with Crippen molar-refractivity contribution < 1.29 is 19.1 Å². The normalized spacial score (nSPS) is 18.0. The molecule has 1 aliphatic carbocycles. The third-order valence-corrected chi connectivity index (χ3v) is 6.00. The molecule has 1 aromatic rings. The van der Waals surface area contributed by atoms with E-state index in [1.165, 1.54) is 19.3 Å². The van der Waals surface area contributed by atoms with Crippen molar-refractivity contribution in [2.45, 2.75) is 57.9 Å². The number of carbonyl (C=O) groups excluding carboxylic acids is 3. The zero-order valence-electron chi connectivity index (χ0n) is 17.8. The molecule has 1 saturated carbocycles. The number of hydrogen-bond donors (Lipinski definition) is 2. The van der Waals surface area contributed by atoms with E-state index < -0.39 is 0 Å². The number of ether oxygens (including phenoxy) is 1. The standard InChI is InChI=1S/C23H33N3O4/c1-2-30-23(29)18-12-14-26(15-13-18)21(27)16-24-19-10-8-17(9-11-19)22(28)25-20-6-4-3-5-7-20/h8-11,18,20,24H,2-7,12-16H2,1H3,(H,25,28). The Morgan fingerprint density at radius 2 is 1.67 bits per heavy atom. The number of nitrogens with one attached hydrogen (secondary N) is 2. The molecule has 0 radical (unpaired) electrons. The lowest BCUT2D eigenvalue weighted by Crippen LogP contribution is -2.43. The van der Waals surface area contributed by atoms with Gasteiger partial charge in [-0.3, -0.25) is 14.4 Å². The minimum atomic E-state index is -0.157. The van der Waals surface area contributed by atoms with Gasteiger partial charge in [-0.15, -0.1) is 0 Å². The second kappa shape index (κ2) is 11.0. The number of hydrogen-bond acceptors (Lipinski definition) is 5. The van der Waals surface area contributed by atoms with Gasteiger partial charge in [0, 0.05) is 30.4 Å². The topological polar surface area (TPSA) is 87.7 Å². The lowest BCUT2D eigenvalue weighted by Gasteiger charge is -2.31. The van der Waals surface area contributed by atoms with E-state index in [1.807, 2.05) is 12.1 Å². The maximum Gasteiger partial charge on any atom is 0.309 e. The summed E-state index contributed by atoms with van der Waals surface area (Å²) in [6, 6.07) is 7.52. The van der Waals surface area contributed by atoms with Crippen LogP contribution in [0.5, 0.6) is 0 Å². The second-order valence-corrected chi connectivity index (χ2v) is 8.15. The Morgan fingerprint density at radius 3 is 2.30 bits per heavy atom. The van der Waals surface area contributed by atoms with Crippen molar-refractivity contribution in [3.05, 3.63) is 29.8 Å². The Morgan fingerprint density at radius 1 is 1.00 bits per heavy atom. The average molecular weight is 416 g/mol. The van der Waals surface area contributed by atoms with Crippen LogP contribution in [0, 0.1) is 5.92 Å². The summed E-state index contributed by atoms with van der Waals surface area (Å²) in [4.78, 5) is 38.4. The third kappa shape index (κ3) is 6.21. The van der Waals surface area contributed by atoms with Gasteiger partial charge in [0.05, 0.1) is 19.1 Å². The molecule has 1 saturated heterocycles. The largest absolute Gasteiger partial charge is 0.466 e. The van der Waals surface area contributed by atoms with Crippen molar-refractivity contribution in [2.24, 2.45) is 5.92 Å². The Hall–Kier alpha value is -2.57. The summed E-state index contributed by atoms with van der Waals surface area (Å²) in [5.41, 5.74) is 1.44. The Bertz CT molecular complexity index is 720. The van der Waals surface area contributed by atoms with Crippen molar-refractivity contribution >= 4 is 23.5 Å². The van der Waals surface area contributed by atoms with Gasteiger partial charge in [-0.1, -0.05) is 19.3 Å². The van der Waals surface area contributed by atoms with Crippen LogP contribution in [0.4, 0.5) is 5.69 Å². The molecule has 7 heteroatoms. The first-order valence-corrected chi connectivity index (χ1v) is 11.2. The molecule has 1 heterocycles. The molecular weight excluding hydrogens is 382 g/mol. The average Bonchev–Trinajstić information content (AvgIpc) is 2.78. The quantitative estimate of drug-likeness (QED) is 0.669. The molecule has 0 unspecified atom stereocenters. The molecule has 7 nitrogen and oxygen atoms in total. The number of nitrogens with zero attached hydrogens (tertiary/aromatic N) is 1. The number of likely N-dealkylation sites (tertiary alicyclic amines) is 1. The molecular formula is C23H33N3O4. The highest BCUT2D eigenvalue weighted by Gasteiger charge is 2.28. The van der Waals surface area contributed by atoms with Crippen molar-refractivity contribution in [1.82, 2.24) is 10.2 Å². The van der Waals surface area contributed by atoms with Gasteiger partial charge in [0.15, 0.2) is 0 Å². The minimum Gasteiger partial charge on any atom is -0.466 e. The van der Waals surface area contributed by atoms with E-state index in [1.54, 1.807) is 24.0 Å². The number of benzene rings is 1. The molecule has 1 aromatic carbocycles. The van der Waals surface area contributed by atoms with Crippen molar-refractivity contribution in [3.63, 3.8) is 0 Å². The van der Waals surface area contributed by atoms with E-state index in [-0.39, 0.29) is 36.3 Å². The fourth-order valence-corrected chi connectivity index (χ4v) is 4.17. The van der Waals surface area contributed by atoms with Gasteiger partial charge in [0.2, 0.25) is 5.91 Å². The van der Waals surface area contributed by atoms with E-state index >= 15 is 0 Å². The van der Waals surface area contributed by atoms with Crippen molar-refractivity contribution in [2.75, 3.05) is 31.6 Å². The maximum atomic E-state index is 12.5. The van der Waals surface area contributed by atoms with Crippen LogP contribution in [0.2, 0.25) is 0 Å². The molecule has 0 atom stereocenters. The fourth-order valence-electron chi connectivity index (χ4n) is 4.17. The zero-order valence-corrected chi connectivity index (χ0v) is 17.8. The third-order valence-electron chi connectivity index (χ3n) is 6.00. The van der Waals surface area contributed by atoms with Crippen LogP contribution in [0.3, 0.4) is 0 Å².